The molecular formula is C33H30ClFN4O2S. The van der Waals surface area contributed by atoms with Crippen LogP contribution in [0.3, 0.4) is 0 Å². The number of aromatic nitrogens is 3. The minimum atomic E-state index is -0.508. The van der Waals surface area contributed by atoms with Gasteiger partial charge in [0.15, 0.2) is 11.0 Å². The Kier molecular flexibility index (Phi) is 10.0. The molecular weight excluding hydrogens is 571 g/mol. The van der Waals surface area contributed by atoms with Crippen LogP contribution in [0.2, 0.25) is 5.02 Å². The maximum absolute atomic E-state index is 13.5. The quantitative estimate of drug-likeness (QED) is 0.152. The number of thioether (sulfide) groups is 1. The van der Waals surface area contributed by atoms with E-state index in [2.05, 4.69) is 15.5 Å². The summed E-state index contributed by atoms with van der Waals surface area (Å²) in [4.78, 5) is 13.2. The molecule has 0 bridgehead atoms. The van der Waals surface area contributed by atoms with E-state index in [-0.39, 0.29) is 18.3 Å². The van der Waals surface area contributed by atoms with Crippen LogP contribution in [-0.2, 0) is 28.3 Å². The second-order valence-electron chi connectivity index (χ2n) is 9.81. The van der Waals surface area contributed by atoms with E-state index >= 15 is 0 Å². The highest BCUT2D eigenvalue weighted by Gasteiger charge is 2.26. The fraction of sp³-hybridized carbons (Fsp3) is 0.182. The van der Waals surface area contributed by atoms with Crippen LogP contribution < -0.4 is 5.32 Å². The third-order valence-electron chi connectivity index (χ3n) is 6.63. The van der Waals surface area contributed by atoms with E-state index < -0.39 is 6.04 Å². The van der Waals surface area contributed by atoms with E-state index in [1.165, 1.54) is 23.9 Å². The normalized spacial score (nSPS) is 11.8. The largest absolute Gasteiger partial charge is 0.367 e. The van der Waals surface area contributed by atoms with Crippen molar-refractivity contribution in [1.29, 1.82) is 0 Å². The Hall–Kier alpha value is -3.98. The van der Waals surface area contributed by atoms with E-state index in [4.69, 9.17) is 16.3 Å². The predicted molar refractivity (Wildman–Crippen MR) is 164 cm³/mol. The first-order valence-corrected chi connectivity index (χ1v) is 14.9. The number of nitrogens with zero attached hydrogens (tertiary/aromatic N) is 3. The van der Waals surface area contributed by atoms with Gasteiger partial charge in [-0.05, 0) is 59.9 Å². The number of hydrogen-bond acceptors (Lipinski definition) is 5. The molecule has 0 saturated heterocycles. The highest BCUT2D eigenvalue weighted by Crippen LogP contribution is 2.31. The third-order valence-corrected chi connectivity index (χ3v) is 7.86. The molecule has 0 radical (unpaired) electrons. The first-order valence-electron chi connectivity index (χ1n) is 13.5. The lowest BCUT2D eigenvalue weighted by Crippen LogP contribution is -2.34. The molecule has 214 valence electrons. The summed E-state index contributed by atoms with van der Waals surface area (Å²) in [7, 11) is 0. The van der Waals surface area contributed by atoms with E-state index in [0.717, 1.165) is 27.9 Å². The Morgan fingerprint density at radius 1 is 0.929 bits per heavy atom. The average Bonchev–Trinajstić information content (AvgIpc) is 3.42. The summed E-state index contributed by atoms with van der Waals surface area (Å²) in [6, 6.07) is 31.2. The van der Waals surface area contributed by atoms with Crippen molar-refractivity contribution in [3.8, 4) is 5.69 Å². The Morgan fingerprint density at radius 2 is 1.62 bits per heavy atom. The smallest absolute Gasteiger partial charge is 0.246 e. The van der Waals surface area contributed by atoms with Crippen LogP contribution >= 0.6 is 23.4 Å². The first-order chi connectivity index (χ1) is 20.5. The zero-order valence-electron chi connectivity index (χ0n) is 23.0. The van der Waals surface area contributed by atoms with Gasteiger partial charge in [0.05, 0.1) is 18.3 Å². The molecule has 0 fully saturated rings. The molecule has 4 aromatic carbocycles. The van der Waals surface area contributed by atoms with Crippen molar-refractivity contribution < 1.29 is 13.9 Å². The van der Waals surface area contributed by atoms with Crippen LogP contribution in [0.15, 0.2) is 108 Å². The molecule has 42 heavy (non-hydrogen) atoms. The number of amides is 1. The minimum absolute atomic E-state index is 0.101. The van der Waals surface area contributed by atoms with Crippen molar-refractivity contribution in [2.45, 2.75) is 36.9 Å². The minimum Gasteiger partial charge on any atom is -0.367 e. The first kappa shape index (κ1) is 29.5. The Morgan fingerprint density at radius 3 is 2.33 bits per heavy atom. The molecule has 0 aliphatic carbocycles. The second-order valence-corrected chi connectivity index (χ2v) is 11.2. The number of carbonyl (C=O) groups is 1. The topological polar surface area (TPSA) is 69.0 Å². The fourth-order valence-corrected chi connectivity index (χ4v) is 5.58. The molecule has 5 aromatic rings. The number of ether oxygens (including phenoxy) is 1. The molecule has 1 aromatic heterocycles. The number of nitrogens with one attached hydrogen (secondary N) is 1. The lowest BCUT2D eigenvalue weighted by Gasteiger charge is -2.21. The summed E-state index contributed by atoms with van der Waals surface area (Å²) in [5, 5.41) is 13.5. The Balaban J connectivity index is 1.45. The summed E-state index contributed by atoms with van der Waals surface area (Å²) < 4.78 is 21.1. The Bertz CT molecular complexity index is 1610. The zero-order valence-corrected chi connectivity index (χ0v) is 24.6. The number of benzene rings is 4. The van der Waals surface area contributed by atoms with Gasteiger partial charge < -0.3 is 10.1 Å². The van der Waals surface area contributed by atoms with Gasteiger partial charge in [-0.15, -0.1) is 10.2 Å². The molecule has 1 amide bonds. The van der Waals surface area contributed by atoms with Crippen LogP contribution in [-0.4, -0.2) is 27.3 Å². The molecule has 5 rings (SSSR count). The number of hydrogen-bond donors (Lipinski definition) is 1. The predicted octanol–water partition coefficient (Wildman–Crippen LogP) is 7.28. The third kappa shape index (κ3) is 7.85. The monoisotopic (exact) mass is 600 g/mol. The molecule has 6 nitrogen and oxygen atoms in total. The van der Waals surface area contributed by atoms with Gasteiger partial charge in [0, 0.05) is 10.8 Å². The van der Waals surface area contributed by atoms with Gasteiger partial charge in [-0.1, -0.05) is 102 Å². The van der Waals surface area contributed by atoms with Crippen LogP contribution in [0.1, 0.15) is 34.1 Å². The van der Waals surface area contributed by atoms with Crippen LogP contribution in [0, 0.1) is 12.7 Å². The highest BCUT2D eigenvalue weighted by molar-refractivity contribution is 7.98. The fourth-order valence-electron chi connectivity index (χ4n) is 4.51. The van der Waals surface area contributed by atoms with Gasteiger partial charge in [0.2, 0.25) is 5.91 Å². The highest BCUT2D eigenvalue weighted by atomic mass is 35.5. The number of carbonyl (C=O) groups excluding carboxylic acids is 1. The van der Waals surface area contributed by atoms with Crippen molar-refractivity contribution in [1.82, 2.24) is 20.1 Å². The molecule has 0 aliphatic rings. The van der Waals surface area contributed by atoms with Crippen LogP contribution in [0.5, 0.6) is 0 Å². The van der Waals surface area contributed by atoms with Gasteiger partial charge in [-0.2, -0.15) is 0 Å². The lowest BCUT2D eigenvalue weighted by molar-refractivity contribution is -0.126. The SMILES string of the molecule is Cc1ccc(Cl)cc1-n1c(SCc2ccc(F)cc2)nnc1C(Cc1ccccc1)NC(=O)COCc1ccccc1. The molecule has 0 saturated carbocycles. The molecule has 1 unspecified atom stereocenters. The number of rotatable bonds is 12. The summed E-state index contributed by atoms with van der Waals surface area (Å²) in [6.45, 7) is 2.22. The van der Waals surface area contributed by atoms with Crippen LogP contribution in [0.4, 0.5) is 4.39 Å². The van der Waals surface area contributed by atoms with E-state index in [1.54, 1.807) is 12.1 Å². The molecule has 1 heterocycles. The van der Waals surface area contributed by atoms with Crippen LogP contribution in [0.25, 0.3) is 5.69 Å². The van der Waals surface area contributed by atoms with Crippen molar-refractivity contribution >= 4 is 29.3 Å². The number of aryl methyl sites for hydroxylation is 1. The van der Waals surface area contributed by atoms with Crippen molar-refractivity contribution in [2.24, 2.45) is 0 Å². The molecule has 1 atom stereocenters. The van der Waals surface area contributed by atoms with Crippen molar-refractivity contribution in [2.75, 3.05) is 6.61 Å². The van der Waals surface area contributed by atoms with E-state index in [1.807, 2.05) is 90.4 Å². The molecule has 9 heteroatoms. The van der Waals surface area contributed by atoms with E-state index in [9.17, 15) is 9.18 Å². The molecule has 0 aliphatic heterocycles. The summed E-state index contributed by atoms with van der Waals surface area (Å²) in [6.07, 6.45) is 0.492. The van der Waals surface area contributed by atoms with Gasteiger partial charge in [0.25, 0.3) is 0 Å². The van der Waals surface area contributed by atoms with Crippen molar-refractivity contribution in [3.63, 3.8) is 0 Å². The second kappa shape index (κ2) is 14.3. The maximum Gasteiger partial charge on any atom is 0.246 e. The Labute approximate surface area is 253 Å². The molecule has 1 N–H and O–H groups in total. The lowest BCUT2D eigenvalue weighted by atomic mass is 10.0. The summed E-state index contributed by atoms with van der Waals surface area (Å²) >= 11 is 7.92. The van der Waals surface area contributed by atoms with Gasteiger partial charge in [0.1, 0.15) is 12.4 Å². The van der Waals surface area contributed by atoms with Gasteiger partial charge in [-0.3, -0.25) is 9.36 Å². The van der Waals surface area contributed by atoms with Gasteiger partial charge >= 0.3 is 0 Å². The number of halogens is 2. The zero-order chi connectivity index (χ0) is 29.3. The molecule has 0 spiro atoms. The standard InChI is InChI=1S/C33H30ClFN4O2S/c1-23-12-15-27(34)19-30(23)39-32(37-38-33(39)42-22-26-13-16-28(35)17-14-26)29(18-24-8-4-2-5-9-24)36-31(40)21-41-20-25-10-6-3-7-11-25/h2-17,19,29H,18,20-22H2,1H3,(H,36,40). The van der Waals surface area contributed by atoms with Gasteiger partial charge in [-0.25, -0.2) is 4.39 Å². The average molecular weight is 601 g/mol. The maximum atomic E-state index is 13.5. The summed E-state index contributed by atoms with van der Waals surface area (Å²) in [5.74, 6) is 0.587. The summed E-state index contributed by atoms with van der Waals surface area (Å²) in [5.41, 5.74) is 4.76. The van der Waals surface area contributed by atoms with E-state index in [0.29, 0.717) is 34.8 Å². The van der Waals surface area contributed by atoms with Crippen molar-refractivity contribution in [3.05, 3.63) is 142 Å².